The minimum absolute atomic E-state index is 0.00656. The summed E-state index contributed by atoms with van der Waals surface area (Å²) in [6, 6.07) is 5.55. The smallest absolute Gasteiger partial charge is 0.335 e. The number of carboxylic acids is 1. The van der Waals surface area contributed by atoms with E-state index in [1.54, 1.807) is 6.07 Å². The van der Waals surface area contributed by atoms with Crippen LogP contribution in [0.25, 0.3) is 0 Å². The van der Waals surface area contributed by atoms with Gasteiger partial charge in [0.15, 0.2) is 0 Å². The van der Waals surface area contributed by atoms with E-state index in [-0.39, 0.29) is 34.7 Å². The normalized spacial score (nSPS) is 21.2. The molecule has 56 heavy (non-hydrogen) atoms. The zero-order valence-corrected chi connectivity index (χ0v) is 36.1. The number of aliphatic hydroxyl groups is 2. The van der Waals surface area contributed by atoms with Crippen molar-refractivity contribution >= 4 is 23.5 Å². The fourth-order valence-corrected chi connectivity index (χ4v) is 9.44. The van der Waals surface area contributed by atoms with Crippen molar-refractivity contribution in [3.8, 4) is 0 Å². The molecule has 0 amide bonds. The molecule has 0 unspecified atom stereocenters. The number of hydrogen-bond donors (Lipinski definition) is 3. The highest BCUT2D eigenvalue weighted by Crippen LogP contribution is 2.48. The van der Waals surface area contributed by atoms with Gasteiger partial charge in [0, 0.05) is 17.7 Å². The van der Waals surface area contributed by atoms with Gasteiger partial charge in [0.2, 0.25) is 0 Å². The molecule has 3 rings (SSSR count). The second-order valence-corrected chi connectivity index (χ2v) is 17.8. The maximum absolute atomic E-state index is 12.4. The van der Waals surface area contributed by atoms with Gasteiger partial charge in [-0.1, -0.05) is 134 Å². The van der Waals surface area contributed by atoms with Crippen LogP contribution in [-0.4, -0.2) is 51.5 Å². The topological polar surface area (TPSA) is 104 Å². The molecule has 5 atom stereocenters. The molecule has 0 aromatic heterocycles. The van der Waals surface area contributed by atoms with Crippen LogP contribution >= 0.6 is 11.6 Å². The number of allylic oxidation sites excluding steroid dienone is 2. The Kier molecular flexibility index (Phi) is 24.4. The molecule has 7 heteroatoms. The number of ether oxygens (including phenoxy) is 1. The van der Waals surface area contributed by atoms with Gasteiger partial charge >= 0.3 is 11.9 Å². The van der Waals surface area contributed by atoms with E-state index in [1.165, 1.54) is 95.5 Å². The van der Waals surface area contributed by atoms with E-state index >= 15 is 0 Å². The van der Waals surface area contributed by atoms with Crippen LogP contribution in [0.15, 0.2) is 42.5 Å². The van der Waals surface area contributed by atoms with Crippen molar-refractivity contribution in [3.05, 3.63) is 59.2 Å². The first kappa shape index (κ1) is 48.2. The Morgan fingerprint density at radius 1 is 0.839 bits per heavy atom. The molecule has 2 aliphatic carbocycles. The lowest BCUT2D eigenvalue weighted by molar-refractivity contribution is -0.143. The Morgan fingerprint density at radius 3 is 2.07 bits per heavy atom. The number of unbranched alkanes of at least 4 members (excludes halogenated alkanes) is 15. The van der Waals surface area contributed by atoms with E-state index in [2.05, 4.69) is 38.2 Å². The van der Waals surface area contributed by atoms with Crippen molar-refractivity contribution < 1.29 is 29.6 Å². The van der Waals surface area contributed by atoms with Crippen LogP contribution in [0, 0.1) is 17.3 Å². The van der Waals surface area contributed by atoms with Gasteiger partial charge in [0.25, 0.3) is 0 Å². The molecule has 1 aromatic carbocycles. The molecule has 0 radical (unpaired) electrons. The molecule has 2 aliphatic rings. The van der Waals surface area contributed by atoms with E-state index in [9.17, 15) is 24.9 Å². The highest BCUT2D eigenvalue weighted by atomic mass is 35.5. The third-order valence-electron chi connectivity index (χ3n) is 13.0. The number of carboxylic acid groups (broad SMARTS) is 1. The lowest BCUT2D eigenvalue weighted by Gasteiger charge is -2.45. The lowest BCUT2D eigenvalue weighted by atomic mass is 9.63. The van der Waals surface area contributed by atoms with Crippen molar-refractivity contribution in [2.24, 2.45) is 17.3 Å². The first-order valence-electron chi connectivity index (χ1n) is 23.0. The second kappa shape index (κ2) is 28.3. The number of aryl methyl sites for hydroxylation is 2. The van der Waals surface area contributed by atoms with Gasteiger partial charge < -0.3 is 20.1 Å². The molecule has 1 aromatic rings. The molecular weight excluding hydrogens is 720 g/mol. The molecule has 0 aliphatic heterocycles. The molecule has 2 fully saturated rings. The summed E-state index contributed by atoms with van der Waals surface area (Å²) in [7, 11) is 0. The highest BCUT2D eigenvalue weighted by Gasteiger charge is 2.42. The van der Waals surface area contributed by atoms with E-state index in [0.29, 0.717) is 31.4 Å². The maximum atomic E-state index is 12.4. The average molecular weight is 800 g/mol. The van der Waals surface area contributed by atoms with Crippen molar-refractivity contribution in [1.82, 2.24) is 0 Å². The number of halogens is 1. The molecule has 0 spiro atoms. The zero-order valence-electron chi connectivity index (χ0n) is 35.4. The Hall–Kier alpha value is -2.15. The van der Waals surface area contributed by atoms with E-state index in [1.807, 2.05) is 12.1 Å². The summed E-state index contributed by atoms with van der Waals surface area (Å²) < 4.78 is 5.53. The minimum Gasteiger partial charge on any atom is -0.478 e. The first-order valence-corrected chi connectivity index (χ1v) is 23.5. The van der Waals surface area contributed by atoms with Crippen LogP contribution in [0.2, 0.25) is 0 Å². The first-order chi connectivity index (χ1) is 27.2. The van der Waals surface area contributed by atoms with Crippen LogP contribution in [-0.2, 0) is 22.4 Å². The number of benzene rings is 1. The Labute approximate surface area is 346 Å². The molecule has 318 valence electrons. The minimum atomic E-state index is -0.878. The van der Waals surface area contributed by atoms with Crippen LogP contribution in [0.1, 0.15) is 202 Å². The van der Waals surface area contributed by atoms with Gasteiger partial charge in [-0.15, -0.1) is 11.6 Å². The van der Waals surface area contributed by atoms with Crippen LogP contribution in [0.4, 0.5) is 0 Å². The van der Waals surface area contributed by atoms with Crippen molar-refractivity contribution in [3.63, 3.8) is 0 Å². The Morgan fingerprint density at radius 2 is 1.46 bits per heavy atom. The van der Waals surface area contributed by atoms with E-state index < -0.39 is 12.1 Å². The van der Waals surface area contributed by atoms with Gasteiger partial charge in [-0.2, -0.15) is 0 Å². The zero-order chi connectivity index (χ0) is 40.4. The molecule has 6 nitrogen and oxygen atoms in total. The summed E-state index contributed by atoms with van der Waals surface area (Å²) >= 11 is 6.65. The SMILES string of the molecule is CCCCCCCCCCCCCCCCc1cc(C(=O)O)ccc1CCCCOC(=O)CCC/C=C\C[C@@H]1[C@@H](/C=C/C[C@H](O)C2(CC)CCC2)[C@H](O)C[C@H]1Cl. The molecular formula is C49H79ClO6. The lowest BCUT2D eigenvalue weighted by Crippen LogP contribution is -2.40. The summed E-state index contributed by atoms with van der Waals surface area (Å²) in [5.74, 6) is -0.897. The molecule has 3 N–H and O–H groups in total. The predicted octanol–water partition coefficient (Wildman–Crippen LogP) is 12.9. The Bertz CT molecular complexity index is 1280. The number of carbonyl (C=O) groups is 2. The summed E-state index contributed by atoms with van der Waals surface area (Å²) in [5.41, 5.74) is 2.80. The predicted molar refractivity (Wildman–Crippen MR) is 233 cm³/mol. The third-order valence-corrected chi connectivity index (χ3v) is 13.5. The van der Waals surface area contributed by atoms with Gasteiger partial charge in [0.1, 0.15) is 0 Å². The number of alkyl halides is 1. The van der Waals surface area contributed by atoms with E-state index in [0.717, 1.165) is 76.2 Å². The second-order valence-electron chi connectivity index (χ2n) is 17.2. The van der Waals surface area contributed by atoms with Crippen molar-refractivity contribution in [2.75, 3.05) is 6.61 Å². The highest BCUT2D eigenvalue weighted by molar-refractivity contribution is 6.21. The fourth-order valence-electron chi connectivity index (χ4n) is 8.99. The molecule has 2 saturated carbocycles. The number of hydrogen-bond acceptors (Lipinski definition) is 5. The summed E-state index contributed by atoms with van der Waals surface area (Å²) in [6.45, 7) is 4.84. The molecule has 0 bridgehead atoms. The van der Waals surface area contributed by atoms with Gasteiger partial charge in [-0.3, -0.25) is 4.79 Å². The van der Waals surface area contributed by atoms with Crippen molar-refractivity contribution in [1.29, 1.82) is 0 Å². The molecule has 0 heterocycles. The van der Waals surface area contributed by atoms with Crippen LogP contribution < -0.4 is 0 Å². The van der Waals surface area contributed by atoms with Crippen molar-refractivity contribution in [2.45, 2.75) is 211 Å². The Balaban J connectivity index is 1.25. The van der Waals surface area contributed by atoms with Gasteiger partial charge in [0.05, 0.1) is 24.4 Å². The standard InChI is InChI=1S/C49H79ClO6/c1-3-5-6-7-8-9-10-11-12-13-14-15-16-19-27-40-37-41(48(54)55)33-32-39(40)26-22-23-36-56-47(53)31-21-18-17-20-28-42-43(45(51)38-44(42)50)29-24-30-46(52)49(4-2)34-25-35-49/h17,20,24,29,32-33,37,42-46,51-52H,3-16,18-19,21-23,25-28,30-31,34-36,38H2,1-2H3,(H,54,55)/b20-17-,29-24+/t42-,43-,44-,45-,46+/m1/s1. The van der Waals surface area contributed by atoms with Crippen LogP contribution in [0.3, 0.4) is 0 Å². The molecule has 0 saturated heterocycles. The number of aliphatic hydroxyl groups excluding tert-OH is 2. The number of carbonyl (C=O) groups excluding carboxylic acids is 1. The van der Waals surface area contributed by atoms with Gasteiger partial charge in [-0.05, 0) is 118 Å². The number of rotatable bonds is 32. The summed E-state index contributed by atoms with van der Waals surface area (Å²) in [4.78, 5) is 24.0. The number of aromatic carboxylic acids is 1. The largest absolute Gasteiger partial charge is 0.478 e. The average Bonchev–Trinajstić information content (AvgIpc) is 3.43. The monoisotopic (exact) mass is 799 g/mol. The summed E-state index contributed by atoms with van der Waals surface area (Å²) in [5, 5.41) is 30.9. The maximum Gasteiger partial charge on any atom is 0.335 e. The van der Waals surface area contributed by atoms with Gasteiger partial charge in [-0.25, -0.2) is 4.79 Å². The third kappa shape index (κ3) is 17.8. The fraction of sp³-hybridized carbons (Fsp3) is 0.755. The van der Waals surface area contributed by atoms with E-state index in [4.69, 9.17) is 16.3 Å². The number of esters is 1. The summed E-state index contributed by atoms with van der Waals surface area (Å²) in [6.07, 6.45) is 37.9. The van der Waals surface area contributed by atoms with Crippen LogP contribution in [0.5, 0.6) is 0 Å². The quantitative estimate of drug-likeness (QED) is 0.0290.